The summed E-state index contributed by atoms with van der Waals surface area (Å²) in [7, 11) is 1.64. The first-order chi connectivity index (χ1) is 9.69. The largest absolute Gasteiger partial charge is 0.496 e. The maximum absolute atomic E-state index is 12.1. The minimum absolute atomic E-state index is 0.100. The highest BCUT2D eigenvalue weighted by Crippen LogP contribution is 2.20. The number of ether oxygens (including phenoxy) is 1. The standard InChI is InChI=1S/C16H16N2O2/c1-11-7-8-13-14(9-11)18(16(19)17-13)10-12-5-3-4-6-15(12)20-2/h3-9H,10H2,1-2H3,(H,17,19). The van der Waals surface area contributed by atoms with Gasteiger partial charge in [0.25, 0.3) is 0 Å². The van der Waals surface area contributed by atoms with Crippen LogP contribution in [0.1, 0.15) is 11.1 Å². The summed E-state index contributed by atoms with van der Waals surface area (Å²) in [5, 5.41) is 0. The Labute approximate surface area is 116 Å². The number of hydrogen-bond donors (Lipinski definition) is 1. The molecule has 0 aliphatic carbocycles. The van der Waals surface area contributed by atoms with Crippen LogP contribution in [-0.4, -0.2) is 16.7 Å². The van der Waals surface area contributed by atoms with Crippen molar-refractivity contribution in [2.24, 2.45) is 0 Å². The van der Waals surface area contributed by atoms with Crippen molar-refractivity contribution in [3.05, 3.63) is 64.1 Å². The fourth-order valence-electron chi connectivity index (χ4n) is 2.42. The molecule has 1 N–H and O–H groups in total. The molecule has 102 valence electrons. The lowest BCUT2D eigenvalue weighted by molar-refractivity contribution is 0.408. The van der Waals surface area contributed by atoms with Crippen molar-refractivity contribution in [1.82, 2.24) is 9.55 Å². The number of aromatic amines is 1. The van der Waals surface area contributed by atoms with Crippen LogP contribution in [0.5, 0.6) is 5.75 Å². The minimum atomic E-state index is -0.100. The molecule has 3 rings (SSSR count). The van der Waals surface area contributed by atoms with Crippen molar-refractivity contribution < 1.29 is 4.74 Å². The van der Waals surface area contributed by atoms with E-state index in [0.29, 0.717) is 6.54 Å². The first kappa shape index (κ1) is 12.5. The van der Waals surface area contributed by atoms with E-state index in [1.807, 2.05) is 49.4 Å². The molecule has 0 bridgehead atoms. The van der Waals surface area contributed by atoms with Gasteiger partial charge in [-0.3, -0.25) is 4.57 Å². The molecular formula is C16H16N2O2. The van der Waals surface area contributed by atoms with Crippen LogP contribution in [0, 0.1) is 6.92 Å². The van der Waals surface area contributed by atoms with Crippen molar-refractivity contribution in [3.63, 3.8) is 0 Å². The Balaban J connectivity index is 2.13. The van der Waals surface area contributed by atoms with Gasteiger partial charge in [-0.15, -0.1) is 0 Å². The molecule has 0 aliphatic rings. The molecule has 0 saturated carbocycles. The number of nitrogens with zero attached hydrogens (tertiary/aromatic N) is 1. The molecule has 4 nitrogen and oxygen atoms in total. The molecule has 3 aromatic rings. The summed E-state index contributed by atoms with van der Waals surface area (Å²) in [5.74, 6) is 0.793. The topological polar surface area (TPSA) is 47.0 Å². The lowest BCUT2D eigenvalue weighted by Gasteiger charge is -2.09. The number of H-pyrrole nitrogens is 1. The molecule has 0 spiro atoms. The predicted molar refractivity (Wildman–Crippen MR) is 79.4 cm³/mol. The van der Waals surface area contributed by atoms with Crippen LogP contribution in [0.2, 0.25) is 0 Å². The van der Waals surface area contributed by atoms with Gasteiger partial charge in [0, 0.05) is 5.56 Å². The van der Waals surface area contributed by atoms with E-state index >= 15 is 0 Å². The van der Waals surface area contributed by atoms with Crippen LogP contribution in [0.3, 0.4) is 0 Å². The van der Waals surface area contributed by atoms with Gasteiger partial charge < -0.3 is 9.72 Å². The van der Waals surface area contributed by atoms with Crippen molar-refractivity contribution in [2.75, 3.05) is 7.11 Å². The second kappa shape index (κ2) is 4.89. The smallest absolute Gasteiger partial charge is 0.326 e. The number of aromatic nitrogens is 2. The first-order valence-electron chi connectivity index (χ1n) is 6.50. The summed E-state index contributed by atoms with van der Waals surface area (Å²) in [6, 6.07) is 13.7. The molecule has 0 amide bonds. The number of hydrogen-bond acceptors (Lipinski definition) is 2. The number of imidazole rings is 1. The van der Waals surface area contributed by atoms with Gasteiger partial charge in [-0.1, -0.05) is 24.3 Å². The van der Waals surface area contributed by atoms with Crippen LogP contribution in [-0.2, 0) is 6.54 Å². The van der Waals surface area contributed by atoms with Gasteiger partial charge in [-0.25, -0.2) is 4.79 Å². The zero-order valence-electron chi connectivity index (χ0n) is 11.5. The molecule has 0 atom stereocenters. The van der Waals surface area contributed by atoms with E-state index in [2.05, 4.69) is 4.98 Å². The van der Waals surface area contributed by atoms with Gasteiger partial charge in [0.1, 0.15) is 5.75 Å². The molecule has 0 unspecified atom stereocenters. The third kappa shape index (κ3) is 2.09. The Morgan fingerprint density at radius 3 is 2.80 bits per heavy atom. The Morgan fingerprint density at radius 2 is 2.00 bits per heavy atom. The normalized spacial score (nSPS) is 10.9. The second-order valence-electron chi connectivity index (χ2n) is 4.85. The number of fused-ring (bicyclic) bond motifs is 1. The Bertz CT molecular complexity index is 815. The number of rotatable bonds is 3. The maximum Gasteiger partial charge on any atom is 0.326 e. The number of para-hydroxylation sites is 1. The molecule has 2 aromatic carbocycles. The van der Waals surface area contributed by atoms with Crippen molar-refractivity contribution in [3.8, 4) is 5.75 Å². The number of nitrogens with one attached hydrogen (secondary N) is 1. The average molecular weight is 268 g/mol. The quantitative estimate of drug-likeness (QED) is 0.794. The molecule has 1 aromatic heterocycles. The van der Waals surface area contributed by atoms with Crippen LogP contribution < -0.4 is 10.4 Å². The summed E-state index contributed by atoms with van der Waals surface area (Å²) in [6.07, 6.45) is 0. The van der Waals surface area contributed by atoms with Crippen LogP contribution in [0.25, 0.3) is 11.0 Å². The van der Waals surface area contributed by atoms with Gasteiger partial charge in [0.05, 0.1) is 24.7 Å². The Hall–Kier alpha value is -2.49. The average Bonchev–Trinajstić information content (AvgIpc) is 2.76. The third-order valence-electron chi connectivity index (χ3n) is 3.45. The van der Waals surface area contributed by atoms with Crippen LogP contribution in [0.4, 0.5) is 0 Å². The van der Waals surface area contributed by atoms with Crippen molar-refractivity contribution in [1.29, 1.82) is 0 Å². The van der Waals surface area contributed by atoms with Crippen molar-refractivity contribution in [2.45, 2.75) is 13.5 Å². The second-order valence-corrected chi connectivity index (χ2v) is 4.85. The summed E-state index contributed by atoms with van der Waals surface area (Å²) in [6.45, 7) is 2.51. The summed E-state index contributed by atoms with van der Waals surface area (Å²) in [5.41, 5.74) is 3.79. The molecule has 0 aliphatic heterocycles. The highest BCUT2D eigenvalue weighted by atomic mass is 16.5. The van der Waals surface area contributed by atoms with Gasteiger partial charge >= 0.3 is 5.69 Å². The van der Waals surface area contributed by atoms with E-state index in [9.17, 15) is 4.79 Å². The van der Waals surface area contributed by atoms with Crippen LogP contribution >= 0.6 is 0 Å². The van der Waals surface area contributed by atoms with E-state index in [1.165, 1.54) is 0 Å². The zero-order chi connectivity index (χ0) is 14.1. The Morgan fingerprint density at radius 1 is 1.20 bits per heavy atom. The molecule has 0 radical (unpaired) electrons. The molecule has 20 heavy (non-hydrogen) atoms. The van der Waals surface area contributed by atoms with E-state index in [-0.39, 0.29) is 5.69 Å². The molecule has 4 heteroatoms. The summed E-state index contributed by atoms with van der Waals surface area (Å²) in [4.78, 5) is 15.0. The number of aryl methyl sites for hydroxylation is 1. The summed E-state index contributed by atoms with van der Waals surface area (Å²) < 4.78 is 7.08. The number of methoxy groups -OCH3 is 1. The zero-order valence-corrected chi connectivity index (χ0v) is 11.5. The first-order valence-corrected chi connectivity index (χ1v) is 6.50. The molecular weight excluding hydrogens is 252 g/mol. The SMILES string of the molecule is COc1ccccc1Cn1c(=O)[nH]c2ccc(C)cc21. The monoisotopic (exact) mass is 268 g/mol. The fraction of sp³-hybridized carbons (Fsp3) is 0.188. The highest BCUT2D eigenvalue weighted by molar-refractivity contribution is 5.76. The lowest BCUT2D eigenvalue weighted by atomic mass is 10.2. The third-order valence-corrected chi connectivity index (χ3v) is 3.45. The summed E-state index contributed by atoms with van der Waals surface area (Å²) >= 11 is 0. The van der Waals surface area contributed by atoms with E-state index in [1.54, 1.807) is 11.7 Å². The van der Waals surface area contributed by atoms with Gasteiger partial charge in [0.2, 0.25) is 0 Å². The lowest BCUT2D eigenvalue weighted by Crippen LogP contribution is -2.17. The molecule has 1 heterocycles. The number of benzene rings is 2. The minimum Gasteiger partial charge on any atom is -0.496 e. The van der Waals surface area contributed by atoms with Crippen LogP contribution in [0.15, 0.2) is 47.3 Å². The Kier molecular flexibility index (Phi) is 3.06. The van der Waals surface area contributed by atoms with Crippen molar-refractivity contribution >= 4 is 11.0 Å². The maximum atomic E-state index is 12.1. The molecule has 0 saturated heterocycles. The van der Waals surface area contributed by atoms with Gasteiger partial charge in [0.15, 0.2) is 0 Å². The predicted octanol–water partition coefficient (Wildman–Crippen LogP) is 2.69. The van der Waals surface area contributed by atoms with Gasteiger partial charge in [-0.05, 0) is 30.7 Å². The van der Waals surface area contributed by atoms with E-state index in [4.69, 9.17) is 4.74 Å². The van der Waals surface area contributed by atoms with Gasteiger partial charge in [-0.2, -0.15) is 0 Å². The highest BCUT2D eigenvalue weighted by Gasteiger charge is 2.09. The van der Waals surface area contributed by atoms with E-state index in [0.717, 1.165) is 27.9 Å². The van der Waals surface area contributed by atoms with E-state index < -0.39 is 0 Å². The molecule has 0 fully saturated rings. The fourth-order valence-corrected chi connectivity index (χ4v) is 2.42.